The monoisotopic (exact) mass is 506 g/mol. The average Bonchev–Trinajstić information content (AvgIpc) is 0. The summed E-state index contributed by atoms with van der Waals surface area (Å²) in [5.41, 5.74) is 0. The van der Waals surface area contributed by atoms with Gasteiger partial charge in [-0.3, -0.25) is 0 Å². The Morgan fingerprint density at radius 1 is 0.750 bits per heavy atom. The zero-order chi connectivity index (χ0) is 0. The summed E-state index contributed by atoms with van der Waals surface area (Å²) in [5, 5.41) is 0. The van der Waals surface area contributed by atoms with Crippen LogP contribution in [0.2, 0.25) is 0 Å². The molecule has 2 heteroatoms. The molecule has 0 saturated heterocycles. The van der Waals surface area contributed by atoms with Crippen molar-refractivity contribution in [3.05, 3.63) is 14.9 Å². The van der Waals surface area contributed by atoms with Gasteiger partial charge in [0.05, 0.1) is 0 Å². The molecule has 0 aliphatic carbocycles. The van der Waals surface area contributed by atoms with Gasteiger partial charge in [0, 0.05) is 31.1 Å². The molecule has 0 aliphatic heterocycles. The molecule has 0 heterocycles. The molecule has 0 amide bonds. The summed E-state index contributed by atoms with van der Waals surface area (Å²) in [6.07, 6.45) is 0. The van der Waals surface area contributed by atoms with Crippen LogP contribution in [0, 0.1) is 77.1 Å². The molecule has 4 heavy (non-hydrogen) atoms. The third-order valence-corrected chi connectivity index (χ3v) is 0. The van der Waals surface area contributed by atoms with Crippen LogP contribution in [0.3, 0.4) is 0 Å². The van der Waals surface area contributed by atoms with Gasteiger partial charge in [0.15, 0.2) is 0 Å². The fraction of sp³-hybridized carbons (Fsp3) is 0. The first-order chi connectivity index (χ1) is 0. The Labute approximate surface area is 75.9 Å². The van der Waals surface area contributed by atoms with Gasteiger partial charge in [-0.1, -0.05) is 0 Å². The Morgan fingerprint density at radius 2 is 0.750 bits per heavy atom. The average molecular weight is 506 g/mol. The summed E-state index contributed by atoms with van der Waals surface area (Å²) in [7, 11) is 0. The van der Waals surface area contributed by atoms with Crippen LogP contribution in [0.4, 0.5) is 0 Å². The summed E-state index contributed by atoms with van der Waals surface area (Å²) < 4.78 is 0. The predicted octanol–water partition coefficient (Wildman–Crippen LogP) is 0.901. The van der Waals surface area contributed by atoms with Crippen molar-refractivity contribution in [1.29, 1.82) is 0 Å². The number of rotatable bonds is 0. The minimum absolute atomic E-state index is 0. The molecule has 0 N–H and O–H groups in total. The molecule has 0 rings (SSSR count). The molecule has 0 aliphatic rings. The van der Waals surface area contributed by atoms with E-state index < -0.39 is 0 Å². The second kappa shape index (κ2) is 19.4. The van der Waals surface area contributed by atoms with Crippen molar-refractivity contribution in [2.45, 2.75) is 0 Å². The standard InChI is InChI=1S/2CH3.2U/h2*1H3;;/q2*-1;;+2. The topological polar surface area (TPSA) is 0 Å². The smallest absolute Gasteiger partial charge is 0.358 e. The maximum atomic E-state index is 0. The van der Waals surface area contributed by atoms with Gasteiger partial charge in [-0.2, -0.15) is 0 Å². The van der Waals surface area contributed by atoms with Crippen molar-refractivity contribution < 1.29 is 62.2 Å². The van der Waals surface area contributed by atoms with Crippen molar-refractivity contribution in [2.24, 2.45) is 0 Å². The Morgan fingerprint density at radius 3 is 0.750 bits per heavy atom. The van der Waals surface area contributed by atoms with Gasteiger partial charge in [0.2, 0.25) is 0 Å². The molecule has 0 saturated carbocycles. The van der Waals surface area contributed by atoms with Crippen LogP contribution in [0.25, 0.3) is 0 Å². The van der Waals surface area contributed by atoms with E-state index in [-0.39, 0.29) is 77.1 Å². The van der Waals surface area contributed by atoms with Gasteiger partial charge in [-0.05, 0) is 0 Å². The molecule has 0 fully saturated rings. The van der Waals surface area contributed by atoms with E-state index in [1.165, 1.54) is 0 Å². The third kappa shape index (κ3) is 8.93. The normalized spacial score (nSPS) is 0. The first kappa shape index (κ1) is 35.9. The molecule has 22 valence electrons. The van der Waals surface area contributed by atoms with E-state index in [0.29, 0.717) is 0 Å². The van der Waals surface area contributed by atoms with Crippen LogP contribution in [0.1, 0.15) is 0 Å². The van der Waals surface area contributed by atoms with Crippen LogP contribution < -0.4 is 0 Å². The number of hydrogen-bond donors (Lipinski definition) is 0. The molecule has 0 bridgehead atoms. The largest absolute Gasteiger partial charge is 2.00 e. The Kier molecular flexibility index (Phi) is 174. The number of hydrogen-bond acceptors (Lipinski definition) is 0. The molecular weight excluding hydrogens is 500 g/mol. The minimum atomic E-state index is 0. The SMILES string of the molecule is [CH3-].[CH3-].[U+2].[U]. The van der Waals surface area contributed by atoms with Gasteiger partial charge in [-0.15, -0.1) is 0 Å². The van der Waals surface area contributed by atoms with Crippen molar-refractivity contribution in [1.82, 2.24) is 0 Å². The van der Waals surface area contributed by atoms with Gasteiger partial charge in [0.1, 0.15) is 0 Å². The molecular formula is C2H6U2. The maximum Gasteiger partial charge on any atom is 2.00 e. The van der Waals surface area contributed by atoms with Crippen LogP contribution in [-0.4, -0.2) is 0 Å². The summed E-state index contributed by atoms with van der Waals surface area (Å²) in [6, 6.07) is 0. The quantitative estimate of drug-likeness (QED) is 0.429. The third-order valence-electron chi connectivity index (χ3n) is 0. The van der Waals surface area contributed by atoms with E-state index in [1.54, 1.807) is 0 Å². The summed E-state index contributed by atoms with van der Waals surface area (Å²) in [4.78, 5) is 0. The molecule has 0 aromatic rings. The van der Waals surface area contributed by atoms with Crippen molar-refractivity contribution >= 4 is 0 Å². The van der Waals surface area contributed by atoms with E-state index in [4.69, 9.17) is 0 Å². The Bertz CT molecular complexity index is 4.00. The second-order valence-electron chi connectivity index (χ2n) is 0. The Hall–Kier alpha value is 2.10. The molecule has 0 aromatic heterocycles. The summed E-state index contributed by atoms with van der Waals surface area (Å²) >= 11 is 0. The van der Waals surface area contributed by atoms with E-state index in [1.807, 2.05) is 0 Å². The fourth-order valence-electron chi connectivity index (χ4n) is 0. The zero-order valence-electron chi connectivity index (χ0n) is 3.00. The fourth-order valence-corrected chi connectivity index (χ4v) is 0. The van der Waals surface area contributed by atoms with Gasteiger partial charge >= 0.3 is 31.1 Å². The maximum absolute atomic E-state index is 0. The van der Waals surface area contributed by atoms with Crippen molar-refractivity contribution in [3.63, 3.8) is 0 Å². The van der Waals surface area contributed by atoms with Gasteiger partial charge in [-0.25, -0.2) is 0 Å². The van der Waals surface area contributed by atoms with Gasteiger partial charge < -0.3 is 14.9 Å². The van der Waals surface area contributed by atoms with Crippen molar-refractivity contribution in [3.8, 4) is 0 Å². The van der Waals surface area contributed by atoms with Crippen LogP contribution in [-0.2, 0) is 0 Å². The first-order valence-electron chi connectivity index (χ1n) is 0. The molecule has 0 atom stereocenters. The molecule has 0 radical (unpaired) electrons. The first-order valence-corrected chi connectivity index (χ1v) is 0. The van der Waals surface area contributed by atoms with Crippen LogP contribution in [0.15, 0.2) is 0 Å². The predicted molar refractivity (Wildman–Crippen MR) is 12.8 cm³/mol. The zero-order valence-corrected chi connectivity index (χ0v) is 11.3. The summed E-state index contributed by atoms with van der Waals surface area (Å²) in [6.45, 7) is 0. The molecule has 0 nitrogen and oxygen atoms in total. The molecule has 0 spiro atoms. The Balaban J connectivity index is 0. The molecule has 0 unspecified atom stereocenters. The van der Waals surface area contributed by atoms with Crippen molar-refractivity contribution in [2.75, 3.05) is 0 Å². The van der Waals surface area contributed by atoms with Crippen LogP contribution >= 0.6 is 0 Å². The van der Waals surface area contributed by atoms with Gasteiger partial charge in [0.25, 0.3) is 0 Å². The van der Waals surface area contributed by atoms with E-state index in [0.717, 1.165) is 0 Å². The minimum Gasteiger partial charge on any atom is -0.358 e. The van der Waals surface area contributed by atoms with E-state index in [9.17, 15) is 0 Å². The van der Waals surface area contributed by atoms with E-state index >= 15 is 0 Å². The molecule has 0 aromatic carbocycles. The second-order valence-corrected chi connectivity index (χ2v) is 0. The van der Waals surface area contributed by atoms with E-state index in [2.05, 4.69) is 0 Å². The van der Waals surface area contributed by atoms with Crippen LogP contribution in [0.5, 0.6) is 0 Å². The summed E-state index contributed by atoms with van der Waals surface area (Å²) in [5.74, 6) is 0.